The number of hydrogen-bond donors (Lipinski definition) is 2. The molecular weight excluding hydrogens is 276 g/mol. The Balaban J connectivity index is 2.33. The molecule has 0 spiro atoms. The van der Waals surface area contributed by atoms with Crippen molar-refractivity contribution in [1.29, 1.82) is 0 Å². The number of nitrogens with one attached hydrogen (secondary N) is 1. The van der Waals surface area contributed by atoms with Crippen molar-refractivity contribution < 1.29 is 19.4 Å². The van der Waals surface area contributed by atoms with E-state index in [-0.39, 0.29) is 5.82 Å². The lowest BCUT2D eigenvalue weighted by Crippen LogP contribution is -2.18. The van der Waals surface area contributed by atoms with Crippen LogP contribution in [0.2, 0.25) is 0 Å². The molecule has 110 valence electrons. The Hall–Kier alpha value is -2.83. The van der Waals surface area contributed by atoms with E-state index in [0.29, 0.717) is 12.2 Å². The van der Waals surface area contributed by atoms with Crippen molar-refractivity contribution in [3.8, 4) is 11.5 Å². The van der Waals surface area contributed by atoms with E-state index in [2.05, 4.69) is 14.7 Å². The van der Waals surface area contributed by atoms with Gasteiger partial charge in [0.1, 0.15) is 11.6 Å². The van der Waals surface area contributed by atoms with Gasteiger partial charge in [-0.25, -0.2) is 9.78 Å². The maximum atomic E-state index is 11.6. The molecule has 0 fully saturated rings. The van der Waals surface area contributed by atoms with Gasteiger partial charge in [0.05, 0.1) is 14.2 Å². The highest BCUT2D eigenvalue weighted by molar-refractivity contribution is 5.89. The fraction of sp³-hybridized carbons (Fsp3) is 0.214. The normalized spacial score (nSPS) is 10.2. The van der Waals surface area contributed by atoms with Crippen LogP contribution in [0, 0.1) is 0 Å². The van der Waals surface area contributed by atoms with E-state index in [1.807, 2.05) is 12.1 Å². The molecule has 1 aromatic carbocycles. The summed E-state index contributed by atoms with van der Waals surface area (Å²) in [6.07, 6.45) is 0.295. The van der Waals surface area contributed by atoms with Gasteiger partial charge in [-0.05, 0) is 17.7 Å². The lowest BCUT2D eigenvalue weighted by Gasteiger charge is -2.06. The minimum absolute atomic E-state index is 0.253. The Morgan fingerprint density at radius 2 is 1.95 bits per heavy atom. The second kappa shape index (κ2) is 6.08. The number of methoxy groups -OCH3 is 2. The number of aromatic nitrogens is 2. The highest BCUT2D eigenvalue weighted by Gasteiger charge is 2.18. The molecule has 0 aliphatic carbocycles. The van der Waals surface area contributed by atoms with E-state index < -0.39 is 23.0 Å². The average Bonchev–Trinajstić information content (AvgIpc) is 2.50. The first-order valence-electron chi connectivity index (χ1n) is 6.08. The van der Waals surface area contributed by atoms with Crippen molar-refractivity contribution in [2.45, 2.75) is 6.42 Å². The SMILES string of the molecule is COC(=O)c1nc(Cc2ccc(OC)cc2)[nH]c(=O)c1O. The molecule has 2 N–H and O–H groups in total. The summed E-state index contributed by atoms with van der Waals surface area (Å²) >= 11 is 0. The van der Waals surface area contributed by atoms with Gasteiger partial charge < -0.3 is 19.6 Å². The largest absolute Gasteiger partial charge is 0.501 e. The monoisotopic (exact) mass is 290 g/mol. The zero-order chi connectivity index (χ0) is 15.4. The second-order valence-corrected chi connectivity index (χ2v) is 4.23. The quantitative estimate of drug-likeness (QED) is 0.810. The van der Waals surface area contributed by atoms with E-state index in [1.165, 1.54) is 0 Å². The lowest BCUT2D eigenvalue weighted by molar-refractivity contribution is 0.0589. The molecule has 7 nitrogen and oxygen atoms in total. The smallest absolute Gasteiger partial charge is 0.360 e. The minimum Gasteiger partial charge on any atom is -0.501 e. The third-order valence-corrected chi connectivity index (χ3v) is 2.85. The Morgan fingerprint density at radius 1 is 1.29 bits per heavy atom. The van der Waals surface area contributed by atoms with Crippen molar-refractivity contribution in [3.63, 3.8) is 0 Å². The first-order chi connectivity index (χ1) is 10.0. The predicted octanol–water partition coefficient (Wildman–Crippen LogP) is 0.861. The molecule has 2 rings (SSSR count). The molecule has 21 heavy (non-hydrogen) atoms. The summed E-state index contributed by atoms with van der Waals surface area (Å²) in [5.41, 5.74) is -0.320. The van der Waals surface area contributed by atoms with Crippen LogP contribution in [0.5, 0.6) is 11.5 Å². The van der Waals surface area contributed by atoms with Crippen molar-refractivity contribution in [1.82, 2.24) is 9.97 Å². The molecule has 0 saturated heterocycles. The zero-order valence-electron chi connectivity index (χ0n) is 11.5. The summed E-state index contributed by atoms with van der Waals surface area (Å²) in [7, 11) is 2.71. The number of aromatic hydroxyl groups is 1. The van der Waals surface area contributed by atoms with Crippen LogP contribution in [-0.4, -0.2) is 35.3 Å². The van der Waals surface area contributed by atoms with Crippen LogP contribution in [0.4, 0.5) is 0 Å². The van der Waals surface area contributed by atoms with Gasteiger partial charge in [-0.1, -0.05) is 12.1 Å². The molecule has 0 bridgehead atoms. The number of nitrogens with zero attached hydrogens (tertiary/aromatic N) is 1. The molecular formula is C14H14N2O5. The molecule has 1 aromatic heterocycles. The third-order valence-electron chi connectivity index (χ3n) is 2.85. The summed E-state index contributed by atoms with van der Waals surface area (Å²) < 4.78 is 9.53. The van der Waals surface area contributed by atoms with Gasteiger partial charge in [-0.3, -0.25) is 4.79 Å². The number of ether oxygens (including phenoxy) is 2. The van der Waals surface area contributed by atoms with Gasteiger partial charge >= 0.3 is 5.97 Å². The zero-order valence-corrected chi connectivity index (χ0v) is 11.5. The highest BCUT2D eigenvalue weighted by Crippen LogP contribution is 2.15. The number of carbonyl (C=O) groups is 1. The number of benzene rings is 1. The first kappa shape index (κ1) is 14.6. The van der Waals surface area contributed by atoms with Crippen molar-refractivity contribution in [2.75, 3.05) is 14.2 Å². The van der Waals surface area contributed by atoms with Crippen LogP contribution < -0.4 is 10.3 Å². The molecule has 0 unspecified atom stereocenters. The Bertz CT molecular complexity index is 706. The first-order valence-corrected chi connectivity index (χ1v) is 6.08. The van der Waals surface area contributed by atoms with Gasteiger partial charge in [0, 0.05) is 6.42 Å². The Kier molecular flexibility index (Phi) is 4.22. The average molecular weight is 290 g/mol. The minimum atomic E-state index is -0.866. The van der Waals surface area contributed by atoms with E-state index in [1.54, 1.807) is 19.2 Å². The molecule has 7 heteroatoms. The Morgan fingerprint density at radius 3 is 2.52 bits per heavy atom. The van der Waals surface area contributed by atoms with E-state index >= 15 is 0 Å². The van der Waals surface area contributed by atoms with Gasteiger partial charge in [0.25, 0.3) is 5.56 Å². The predicted molar refractivity (Wildman–Crippen MR) is 73.7 cm³/mol. The summed E-state index contributed by atoms with van der Waals surface area (Å²) in [6.45, 7) is 0. The number of esters is 1. The molecule has 0 aliphatic heterocycles. The van der Waals surface area contributed by atoms with E-state index in [0.717, 1.165) is 12.7 Å². The number of rotatable bonds is 4. The van der Waals surface area contributed by atoms with Crippen LogP contribution in [0.25, 0.3) is 0 Å². The molecule has 2 aromatic rings. The van der Waals surface area contributed by atoms with Gasteiger partial charge in [0.2, 0.25) is 5.75 Å². The molecule has 0 radical (unpaired) electrons. The van der Waals surface area contributed by atoms with Crippen LogP contribution in [0.1, 0.15) is 21.9 Å². The summed E-state index contributed by atoms with van der Waals surface area (Å²) in [5, 5.41) is 9.53. The van der Waals surface area contributed by atoms with Crippen LogP contribution in [0.3, 0.4) is 0 Å². The third kappa shape index (κ3) is 3.19. The van der Waals surface area contributed by atoms with Crippen LogP contribution in [0.15, 0.2) is 29.1 Å². The lowest BCUT2D eigenvalue weighted by atomic mass is 10.1. The second-order valence-electron chi connectivity index (χ2n) is 4.23. The highest BCUT2D eigenvalue weighted by atomic mass is 16.5. The summed E-state index contributed by atoms with van der Waals surface area (Å²) in [5.74, 6) is -0.653. The summed E-state index contributed by atoms with van der Waals surface area (Å²) in [6, 6.07) is 7.16. The van der Waals surface area contributed by atoms with Crippen LogP contribution >= 0.6 is 0 Å². The molecule has 0 atom stereocenters. The maximum absolute atomic E-state index is 11.6. The van der Waals surface area contributed by atoms with E-state index in [9.17, 15) is 14.7 Å². The number of hydrogen-bond acceptors (Lipinski definition) is 6. The maximum Gasteiger partial charge on any atom is 0.360 e. The van der Waals surface area contributed by atoms with Crippen molar-refractivity contribution in [2.24, 2.45) is 0 Å². The number of aromatic amines is 1. The van der Waals surface area contributed by atoms with E-state index in [4.69, 9.17) is 4.74 Å². The van der Waals surface area contributed by atoms with Gasteiger partial charge in [-0.2, -0.15) is 0 Å². The van der Waals surface area contributed by atoms with Crippen LogP contribution in [-0.2, 0) is 11.2 Å². The Labute approximate surface area is 120 Å². The van der Waals surface area contributed by atoms with Gasteiger partial charge in [-0.15, -0.1) is 0 Å². The molecule has 0 aliphatic rings. The fourth-order valence-corrected chi connectivity index (χ4v) is 1.77. The van der Waals surface area contributed by atoms with Crippen molar-refractivity contribution in [3.05, 3.63) is 51.7 Å². The molecule has 0 amide bonds. The molecule has 1 heterocycles. The number of carbonyl (C=O) groups excluding carboxylic acids is 1. The topological polar surface area (TPSA) is 102 Å². The standard InChI is InChI=1S/C14H14N2O5/c1-20-9-5-3-8(4-6-9)7-10-15-11(14(19)21-2)12(17)13(18)16-10/h3-6,17H,7H2,1-2H3,(H,15,16,18). The number of H-pyrrole nitrogens is 1. The van der Waals surface area contributed by atoms with Crippen molar-refractivity contribution >= 4 is 5.97 Å². The summed E-state index contributed by atoms with van der Waals surface area (Å²) in [4.78, 5) is 29.4. The molecule has 0 saturated carbocycles. The van der Waals surface area contributed by atoms with Gasteiger partial charge in [0.15, 0.2) is 5.69 Å². The fourth-order valence-electron chi connectivity index (χ4n) is 1.77.